The molecule has 3 aromatic heterocycles. The Balaban J connectivity index is 1.47. The minimum atomic E-state index is -0.261. The Morgan fingerprint density at radius 1 is 1.20 bits per heavy atom. The van der Waals surface area contributed by atoms with Gasteiger partial charge in [-0.3, -0.25) is 14.8 Å². The van der Waals surface area contributed by atoms with Gasteiger partial charge in [-0.15, -0.1) is 0 Å². The minimum Gasteiger partial charge on any atom is -0.369 e. The van der Waals surface area contributed by atoms with Crippen molar-refractivity contribution in [2.45, 2.75) is 32.6 Å². The van der Waals surface area contributed by atoms with Crippen LogP contribution in [0.5, 0.6) is 0 Å². The predicted octanol–water partition coefficient (Wildman–Crippen LogP) is 2.55. The molecule has 154 valence electrons. The number of aromatic amines is 1. The van der Waals surface area contributed by atoms with Gasteiger partial charge in [0.15, 0.2) is 5.65 Å². The molecule has 1 aliphatic heterocycles. The van der Waals surface area contributed by atoms with Crippen molar-refractivity contribution in [2.75, 3.05) is 19.6 Å². The molecule has 0 aliphatic carbocycles. The number of primary amides is 1. The third-order valence-electron chi connectivity index (χ3n) is 6.18. The van der Waals surface area contributed by atoms with Crippen LogP contribution in [0.1, 0.15) is 35.6 Å². The van der Waals surface area contributed by atoms with Crippen LogP contribution >= 0.6 is 0 Å². The van der Waals surface area contributed by atoms with E-state index in [1.165, 1.54) is 16.6 Å². The van der Waals surface area contributed by atoms with Crippen LogP contribution in [0.2, 0.25) is 0 Å². The Labute approximate surface area is 174 Å². The Hall–Kier alpha value is -3.26. The Kier molecular flexibility index (Phi) is 4.51. The molecular weight excluding hydrogens is 378 g/mol. The van der Waals surface area contributed by atoms with E-state index < -0.39 is 0 Å². The van der Waals surface area contributed by atoms with Gasteiger partial charge in [0.25, 0.3) is 0 Å². The monoisotopic (exact) mass is 403 g/mol. The number of H-pyrrole nitrogens is 1. The number of hydrogen-bond donors (Lipinski definition) is 2. The van der Waals surface area contributed by atoms with Gasteiger partial charge in [0.2, 0.25) is 5.91 Å². The summed E-state index contributed by atoms with van der Waals surface area (Å²) in [5.74, 6) is 0.154. The molecule has 0 unspecified atom stereocenters. The van der Waals surface area contributed by atoms with Crippen LogP contribution in [0.4, 0.5) is 0 Å². The van der Waals surface area contributed by atoms with Crippen LogP contribution in [0, 0.1) is 13.8 Å². The molecule has 30 heavy (non-hydrogen) atoms. The number of carbonyl (C=O) groups is 1. The summed E-state index contributed by atoms with van der Waals surface area (Å²) in [7, 11) is 0. The molecule has 0 bridgehead atoms. The van der Waals surface area contributed by atoms with Crippen molar-refractivity contribution in [3.05, 3.63) is 47.5 Å². The lowest BCUT2D eigenvalue weighted by molar-refractivity contribution is -0.119. The van der Waals surface area contributed by atoms with Gasteiger partial charge in [-0.1, -0.05) is 0 Å². The molecule has 4 aromatic rings. The fourth-order valence-corrected chi connectivity index (χ4v) is 4.65. The number of aryl methyl sites for hydroxylation is 2. The standard InChI is InChI=1S/C22H25N7O/c1-13-8-18-19(9-17(13)16-7-14(2)22-24-12-25-29(22)10-16)26-27-21(18)15-3-5-28(6-4-15)11-20(23)30/h7-10,12,15H,3-6,11H2,1-2H3,(H2,23,30)(H,26,27). The average molecular weight is 403 g/mol. The normalized spacial score (nSPS) is 15.9. The number of nitrogens with two attached hydrogens (primary N) is 1. The fourth-order valence-electron chi connectivity index (χ4n) is 4.65. The predicted molar refractivity (Wildman–Crippen MR) is 115 cm³/mol. The van der Waals surface area contributed by atoms with Crippen molar-refractivity contribution in [2.24, 2.45) is 5.73 Å². The van der Waals surface area contributed by atoms with E-state index in [1.54, 1.807) is 6.33 Å². The van der Waals surface area contributed by atoms with Crippen LogP contribution in [-0.2, 0) is 4.79 Å². The summed E-state index contributed by atoms with van der Waals surface area (Å²) in [6, 6.07) is 6.55. The first-order valence-electron chi connectivity index (χ1n) is 10.3. The maximum Gasteiger partial charge on any atom is 0.231 e. The second kappa shape index (κ2) is 7.21. The van der Waals surface area contributed by atoms with Crippen LogP contribution < -0.4 is 5.73 Å². The number of nitrogens with zero attached hydrogens (tertiary/aromatic N) is 5. The smallest absolute Gasteiger partial charge is 0.231 e. The summed E-state index contributed by atoms with van der Waals surface area (Å²) in [6.45, 7) is 6.29. The van der Waals surface area contributed by atoms with E-state index in [0.29, 0.717) is 12.5 Å². The summed E-state index contributed by atoms with van der Waals surface area (Å²) >= 11 is 0. The number of piperidine rings is 1. The van der Waals surface area contributed by atoms with Gasteiger partial charge < -0.3 is 5.73 Å². The number of pyridine rings is 1. The van der Waals surface area contributed by atoms with Gasteiger partial charge in [0.05, 0.1) is 12.1 Å². The Bertz CT molecular complexity index is 1250. The van der Waals surface area contributed by atoms with Gasteiger partial charge in [-0.2, -0.15) is 10.2 Å². The highest BCUT2D eigenvalue weighted by Gasteiger charge is 2.24. The molecule has 5 rings (SSSR count). The molecular formula is C22H25N7O. The highest BCUT2D eigenvalue weighted by Crippen LogP contribution is 2.35. The minimum absolute atomic E-state index is 0.261. The van der Waals surface area contributed by atoms with Crippen LogP contribution in [0.3, 0.4) is 0 Å². The first-order chi connectivity index (χ1) is 14.5. The summed E-state index contributed by atoms with van der Waals surface area (Å²) < 4.78 is 1.82. The van der Waals surface area contributed by atoms with Crippen molar-refractivity contribution in [3.63, 3.8) is 0 Å². The zero-order valence-electron chi connectivity index (χ0n) is 17.2. The molecule has 8 heteroatoms. The molecule has 1 aromatic carbocycles. The first-order valence-corrected chi connectivity index (χ1v) is 10.3. The van der Waals surface area contributed by atoms with Crippen LogP contribution in [0.25, 0.3) is 27.7 Å². The van der Waals surface area contributed by atoms with Gasteiger partial charge in [-0.05, 0) is 74.7 Å². The number of nitrogens with one attached hydrogen (secondary N) is 1. The molecule has 4 heterocycles. The van der Waals surface area contributed by atoms with E-state index in [2.05, 4.69) is 57.2 Å². The van der Waals surface area contributed by atoms with Gasteiger partial charge in [0, 0.05) is 28.8 Å². The SMILES string of the molecule is Cc1cc2c(C3CCN(CC(N)=O)CC3)[nH]nc2cc1-c1cc(C)c2ncnn2c1. The lowest BCUT2D eigenvalue weighted by Gasteiger charge is -2.30. The molecule has 0 atom stereocenters. The summed E-state index contributed by atoms with van der Waals surface area (Å²) in [5.41, 5.74) is 12.9. The highest BCUT2D eigenvalue weighted by atomic mass is 16.1. The lowest BCUT2D eigenvalue weighted by atomic mass is 9.90. The van der Waals surface area contributed by atoms with Gasteiger partial charge in [0.1, 0.15) is 6.33 Å². The zero-order chi connectivity index (χ0) is 20.8. The molecule has 1 saturated heterocycles. The molecule has 3 N–H and O–H groups in total. The molecule has 1 amide bonds. The third-order valence-corrected chi connectivity index (χ3v) is 6.18. The Morgan fingerprint density at radius 2 is 2.00 bits per heavy atom. The average Bonchev–Trinajstić information content (AvgIpc) is 3.34. The summed E-state index contributed by atoms with van der Waals surface area (Å²) in [5, 5.41) is 13.4. The zero-order valence-corrected chi connectivity index (χ0v) is 17.2. The molecule has 0 saturated carbocycles. The molecule has 0 radical (unpaired) electrons. The highest BCUT2D eigenvalue weighted by molar-refractivity contribution is 5.88. The van der Waals surface area contributed by atoms with Gasteiger partial charge in [-0.25, -0.2) is 9.50 Å². The third kappa shape index (κ3) is 3.23. The number of rotatable bonds is 4. The maximum absolute atomic E-state index is 11.2. The molecule has 1 fully saturated rings. The van der Waals surface area contributed by atoms with E-state index in [0.717, 1.165) is 53.8 Å². The number of hydrogen-bond acceptors (Lipinski definition) is 5. The van der Waals surface area contributed by atoms with E-state index in [1.807, 2.05) is 10.7 Å². The first kappa shape index (κ1) is 18.7. The number of fused-ring (bicyclic) bond motifs is 2. The topological polar surface area (TPSA) is 105 Å². The maximum atomic E-state index is 11.2. The molecule has 0 spiro atoms. The van der Waals surface area contributed by atoms with Crippen LogP contribution in [-0.4, -0.2) is 55.2 Å². The number of amides is 1. The van der Waals surface area contributed by atoms with Crippen molar-refractivity contribution in [1.82, 2.24) is 29.7 Å². The quantitative estimate of drug-likeness (QED) is 0.545. The lowest BCUT2D eigenvalue weighted by Crippen LogP contribution is -2.39. The molecule has 8 nitrogen and oxygen atoms in total. The van der Waals surface area contributed by atoms with E-state index in [-0.39, 0.29) is 5.91 Å². The van der Waals surface area contributed by atoms with Crippen LogP contribution in [0.15, 0.2) is 30.7 Å². The van der Waals surface area contributed by atoms with Crippen molar-refractivity contribution < 1.29 is 4.79 Å². The van der Waals surface area contributed by atoms with Gasteiger partial charge >= 0.3 is 0 Å². The van der Waals surface area contributed by atoms with Crippen molar-refractivity contribution >= 4 is 22.5 Å². The Morgan fingerprint density at radius 3 is 2.77 bits per heavy atom. The van der Waals surface area contributed by atoms with Crippen molar-refractivity contribution in [3.8, 4) is 11.1 Å². The second-order valence-electron chi connectivity index (χ2n) is 8.28. The fraction of sp³-hybridized carbons (Fsp3) is 0.364. The van der Waals surface area contributed by atoms with E-state index in [9.17, 15) is 4.79 Å². The van der Waals surface area contributed by atoms with Crippen molar-refractivity contribution in [1.29, 1.82) is 0 Å². The number of benzene rings is 1. The summed E-state index contributed by atoms with van der Waals surface area (Å²) in [4.78, 5) is 17.6. The number of carbonyl (C=O) groups excluding carboxylic acids is 1. The number of aromatic nitrogens is 5. The van der Waals surface area contributed by atoms with E-state index in [4.69, 9.17) is 5.73 Å². The van der Waals surface area contributed by atoms with E-state index >= 15 is 0 Å². The molecule has 1 aliphatic rings. The second-order valence-corrected chi connectivity index (χ2v) is 8.28. The number of likely N-dealkylation sites (tertiary alicyclic amines) is 1. The summed E-state index contributed by atoms with van der Waals surface area (Å²) in [6.07, 6.45) is 5.59. The largest absolute Gasteiger partial charge is 0.369 e.